The van der Waals surface area contributed by atoms with E-state index in [0.29, 0.717) is 40.3 Å². The lowest BCUT2D eigenvalue weighted by molar-refractivity contribution is 0.103. The van der Waals surface area contributed by atoms with Crippen LogP contribution in [0.1, 0.15) is 29.8 Å². The Bertz CT molecular complexity index is 639. The van der Waals surface area contributed by atoms with Crippen molar-refractivity contribution in [2.45, 2.75) is 13.8 Å². The Morgan fingerprint density at radius 2 is 1.32 bits per heavy atom. The Balaban J connectivity index is 2.61. The first-order chi connectivity index (χ1) is 10.6. The summed E-state index contributed by atoms with van der Waals surface area (Å²) in [5.41, 5.74) is 0.583. The zero-order valence-corrected chi connectivity index (χ0v) is 13.9. The summed E-state index contributed by atoms with van der Waals surface area (Å²) in [6, 6.07) is 10.2. The van der Waals surface area contributed by atoms with Crippen molar-refractivity contribution in [3.05, 3.63) is 57.6 Å². The van der Waals surface area contributed by atoms with Crippen LogP contribution < -0.4 is 9.47 Å². The number of hydrogen-bond donors (Lipinski definition) is 0. The molecule has 0 aliphatic carbocycles. The van der Waals surface area contributed by atoms with Crippen LogP contribution in [0.15, 0.2) is 36.4 Å². The monoisotopic (exact) mass is 338 g/mol. The zero-order chi connectivity index (χ0) is 16.1. The van der Waals surface area contributed by atoms with E-state index < -0.39 is 0 Å². The van der Waals surface area contributed by atoms with Crippen molar-refractivity contribution >= 4 is 29.0 Å². The van der Waals surface area contributed by atoms with E-state index in [1.165, 1.54) is 0 Å². The summed E-state index contributed by atoms with van der Waals surface area (Å²) in [7, 11) is 0. The van der Waals surface area contributed by atoms with Crippen molar-refractivity contribution in [1.82, 2.24) is 0 Å². The Kier molecular flexibility index (Phi) is 5.69. The Morgan fingerprint density at radius 3 is 1.77 bits per heavy atom. The summed E-state index contributed by atoms with van der Waals surface area (Å²) in [6.45, 7) is 4.58. The molecule has 0 aliphatic rings. The first-order valence-corrected chi connectivity index (χ1v) is 7.73. The lowest BCUT2D eigenvalue weighted by atomic mass is 10.0. The molecule has 0 N–H and O–H groups in total. The Hall–Kier alpha value is -1.71. The van der Waals surface area contributed by atoms with Crippen LogP contribution in [-0.4, -0.2) is 19.0 Å². The number of rotatable bonds is 6. The van der Waals surface area contributed by atoms with Crippen molar-refractivity contribution in [3.63, 3.8) is 0 Å². The molecule has 0 bridgehead atoms. The van der Waals surface area contributed by atoms with Crippen molar-refractivity contribution in [3.8, 4) is 11.5 Å². The third kappa shape index (κ3) is 3.37. The normalized spacial score (nSPS) is 10.4. The fourth-order valence-corrected chi connectivity index (χ4v) is 2.70. The van der Waals surface area contributed by atoms with Gasteiger partial charge in [0.1, 0.15) is 17.1 Å². The van der Waals surface area contributed by atoms with E-state index in [0.717, 1.165) is 0 Å². The van der Waals surface area contributed by atoms with Crippen molar-refractivity contribution in [2.24, 2.45) is 0 Å². The van der Waals surface area contributed by atoms with Gasteiger partial charge in [0, 0.05) is 0 Å². The summed E-state index contributed by atoms with van der Waals surface area (Å²) in [4.78, 5) is 13.0. The van der Waals surface area contributed by atoms with Gasteiger partial charge in [0.15, 0.2) is 0 Å². The maximum Gasteiger partial charge on any atom is 0.203 e. The first-order valence-electron chi connectivity index (χ1n) is 6.97. The molecule has 0 amide bonds. The van der Waals surface area contributed by atoms with Crippen LogP contribution in [-0.2, 0) is 0 Å². The molecule has 0 aromatic heterocycles. The highest BCUT2D eigenvalue weighted by molar-refractivity contribution is 6.41. The van der Waals surface area contributed by atoms with E-state index in [1.54, 1.807) is 36.4 Å². The smallest absolute Gasteiger partial charge is 0.203 e. The summed E-state index contributed by atoms with van der Waals surface area (Å²) >= 11 is 12.3. The average Bonchev–Trinajstić information content (AvgIpc) is 2.48. The first kappa shape index (κ1) is 16.7. The van der Waals surface area contributed by atoms with E-state index in [-0.39, 0.29) is 11.3 Å². The summed E-state index contributed by atoms with van der Waals surface area (Å²) < 4.78 is 11.1. The predicted octanol–water partition coefficient (Wildman–Crippen LogP) is 5.02. The molecular formula is C17H16Cl2O3. The van der Waals surface area contributed by atoms with E-state index >= 15 is 0 Å². The largest absolute Gasteiger partial charge is 0.493 e. The molecule has 5 heteroatoms. The number of halogens is 2. The molecule has 116 valence electrons. The predicted molar refractivity (Wildman–Crippen MR) is 88.7 cm³/mol. The van der Waals surface area contributed by atoms with Gasteiger partial charge in [-0.2, -0.15) is 0 Å². The molecular weight excluding hydrogens is 323 g/mol. The van der Waals surface area contributed by atoms with Crippen LogP contribution in [0.5, 0.6) is 11.5 Å². The third-order valence-corrected chi connectivity index (χ3v) is 3.63. The standard InChI is InChI=1S/C17H16Cl2O3/c1-3-21-13-9-6-10-14(22-4-2)16(13)17(20)15-11(18)7-5-8-12(15)19/h5-10H,3-4H2,1-2H3. The summed E-state index contributed by atoms with van der Waals surface area (Å²) in [6.07, 6.45) is 0. The molecule has 0 unspecified atom stereocenters. The van der Waals surface area contributed by atoms with Gasteiger partial charge in [0.05, 0.1) is 28.8 Å². The van der Waals surface area contributed by atoms with Gasteiger partial charge in [-0.3, -0.25) is 4.79 Å². The van der Waals surface area contributed by atoms with Gasteiger partial charge in [-0.05, 0) is 38.1 Å². The molecule has 2 aromatic rings. The minimum Gasteiger partial charge on any atom is -0.493 e. The van der Waals surface area contributed by atoms with Crippen LogP contribution in [0.2, 0.25) is 10.0 Å². The molecule has 0 saturated carbocycles. The Labute approximate surface area is 139 Å². The second-order valence-corrected chi connectivity index (χ2v) is 5.24. The number of ether oxygens (including phenoxy) is 2. The van der Waals surface area contributed by atoms with Gasteiger partial charge in [0.25, 0.3) is 0 Å². The molecule has 2 aromatic carbocycles. The van der Waals surface area contributed by atoms with Gasteiger partial charge >= 0.3 is 0 Å². The van der Waals surface area contributed by atoms with Crippen LogP contribution in [0.25, 0.3) is 0 Å². The highest BCUT2D eigenvalue weighted by Gasteiger charge is 2.24. The number of hydrogen-bond acceptors (Lipinski definition) is 3. The van der Waals surface area contributed by atoms with Crippen molar-refractivity contribution in [1.29, 1.82) is 0 Å². The van der Waals surface area contributed by atoms with Crippen LogP contribution in [0.4, 0.5) is 0 Å². The Morgan fingerprint density at radius 1 is 0.864 bits per heavy atom. The van der Waals surface area contributed by atoms with Crippen molar-refractivity contribution < 1.29 is 14.3 Å². The topological polar surface area (TPSA) is 35.5 Å². The minimum absolute atomic E-state index is 0.249. The lowest BCUT2D eigenvalue weighted by Gasteiger charge is -2.15. The average molecular weight is 339 g/mol. The maximum absolute atomic E-state index is 13.0. The van der Waals surface area contributed by atoms with Gasteiger partial charge in [-0.25, -0.2) is 0 Å². The number of carbonyl (C=O) groups excluding carboxylic acids is 1. The fourth-order valence-electron chi connectivity index (χ4n) is 2.13. The van der Waals surface area contributed by atoms with E-state index in [2.05, 4.69) is 0 Å². The fraction of sp³-hybridized carbons (Fsp3) is 0.235. The molecule has 0 atom stereocenters. The van der Waals surface area contributed by atoms with E-state index in [4.69, 9.17) is 32.7 Å². The highest BCUT2D eigenvalue weighted by atomic mass is 35.5. The SMILES string of the molecule is CCOc1cccc(OCC)c1C(=O)c1c(Cl)cccc1Cl. The molecule has 0 spiro atoms. The maximum atomic E-state index is 13.0. The molecule has 0 fully saturated rings. The van der Waals surface area contributed by atoms with Gasteiger partial charge in [-0.15, -0.1) is 0 Å². The van der Waals surface area contributed by atoms with Crippen LogP contribution >= 0.6 is 23.2 Å². The van der Waals surface area contributed by atoms with Gasteiger partial charge < -0.3 is 9.47 Å². The zero-order valence-electron chi connectivity index (χ0n) is 12.4. The van der Waals surface area contributed by atoms with Crippen molar-refractivity contribution in [2.75, 3.05) is 13.2 Å². The van der Waals surface area contributed by atoms with Gasteiger partial charge in [-0.1, -0.05) is 35.3 Å². The quantitative estimate of drug-likeness (QED) is 0.693. The molecule has 0 aliphatic heterocycles. The van der Waals surface area contributed by atoms with E-state index in [9.17, 15) is 4.79 Å². The second kappa shape index (κ2) is 7.52. The number of carbonyl (C=O) groups is 1. The van der Waals surface area contributed by atoms with Crippen LogP contribution in [0, 0.1) is 0 Å². The highest BCUT2D eigenvalue weighted by Crippen LogP contribution is 2.35. The molecule has 3 nitrogen and oxygen atoms in total. The molecule has 22 heavy (non-hydrogen) atoms. The molecule has 0 saturated heterocycles. The van der Waals surface area contributed by atoms with E-state index in [1.807, 2.05) is 13.8 Å². The molecule has 0 radical (unpaired) electrons. The number of ketones is 1. The molecule has 0 heterocycles. The minimum atomic E-state index is -0.317. The second-order valence-electron chi connectivity index (χ2n) is 4.42. The van der Waals surface area contributed by atoms with Crippen LogP contribution in [0.3, 0.4) is 0 Å². The molecule has 2 rings (SSSR count). The lowest BCUT2D eigenvalue weighted by Crippen LogP contribution is -2.10. The number of benzene rings is 2. The third-order valence-electron chi connectivity index (χ3n) is 3.00. The van der Waals surface area contributed by atoms with Gasteiger partial charge in [0.2, 0.25) is 5.78 Å². The summed E-state index contributed by atoms with van der Waals surface area (Å²) in [5.74, 6) is 0.590. The summed E-state index contributed by atoms with van der Waals surface area (Å²) in [5, 5.41) is 0.595.